The maximum atomic E-state index is 12.7. The average molecular weight is 596 g/mol. The Bertz CT molecular complexity index is 1400. The Morgan fingerprint density at radius 1 is 0.955 bits per heavy atom. The van der Waals surface area contributed by atoms with Crippen LogP contribution in [0.4, 0.5) is 4.79 Å². The Labute approximate surface area is 262 Å². The summed E-state index contributed by atoms with van der Waals surface area (Å²) in [5, 5.41) is 15.0. The van der Waals surface area contributed by atoms with Crippen molar-refractivity contribution in [3.63, 3.8) is 0 Å². The molecule has 2 N–H and O–H groups in total. The van der Waals surface area contributed by atoms with Crippen molar-refractivity contribution >= 4 is 11.9 Å². The number of alkyl carbamates (subject to hydrolysis) is 1. The second kappa shape index (κ2) is 11.5. The van der Waals surface area contributed by atoms with E-state index in [1.54, 1.807) is 0 Å². The van der Waals surface area contributed by atoms with Gasteiger partial charge in [-0.05, 0) is 116 Å². The van der Waals surface area contributed by atoms with E-state index >= 15 is 0 Å². The van der Waals surface area contributed by atoms with Crippen LogP contribution in [0.15, 0.2) is 60.7 Å². The molecule has 0 spiro atoms. The highest BCUT2D eigenvalue weighted by molar-refractivity contribution is 5.87. The number of rotatable bonds is 7. The lowest BCUT2D eigenvalue weighted by molar-refractivity contribution is -0.207. The minimum absolute atomic E-state index is 0.0415. The third kappa shape index (κ3) is 4.85. The summed E-state index contributed by atoms with van der Waals surface area (Å²) in [6.45, 7) is 5.53. The molecule has 3 unspecified atom stereocenters. The van der Waals surface area contributed by atoms with Crippen molar-refractivity contribution in [3.05, 3.63) is 71.8 Å². The molecule has 4 fully saturated rings. The summed E-state index contributed by atoms with van der Waals surface area (Å²) in [7, 11) is 0. The number of nitrogens with one attached hydrogen (secondary N) is 1. The van der Waals surface area contributed by atoms with Crippen LogP contribution >= 0.6 is 0 Å². The topological polar surface area (TPSA) is 75.6 Å². The van der Waals surface area contributed by atoms with E-state index in [9.17, 15) is 14.7 Å². The molecule has 44 heavy (non-hydrogen) atoms. The number of ketones is 1. The molecule has 5 nitrogen and oxygen atoms in total. The average Bonchev–Trinajstić information content (AvgIpc) is 3.51. The van der Waals surface area contributed by atoms with Crippen LogP contribution < -0.4 is 5.32 Å². The Kier molecular flexibility index (Phi) is 7.76. The number of ether oxygens (including phenoxy) is 1. The quantitative estimate of drug-likeness (QED) is 0.250. The monoisotopic (exact) mass is 595 g/mol. The highest BCUT2D eigenvalue weighted by Crippen LogP contribution is 2.67. The van der Waals surface area contributed by atoms with Crippen LogP contribution in [0.2, 0.25) is 0 Å². The van der Waals surface area contributed by atoms with Gasteiger partial charge in [0.05, 0.1) is 5.60 Å². The molecule has 7 atom stereocenters. The third-order valence-corrected chi connectivity index (χ3v) is 13.1. The van der Waals surface area contributed by atoms with Crippen LogP contribution in [0, 0.1) is 34.5 Å². The zero-order valence-electron chi connectivity index (χ0n) is 26.5. The fourth-order valence-corrected chi connectivity index (χ4v) is 10.6. The van der Waals surface area contributed by atoms with E-state index in [4.69, 9.17) is 4.74 Å². The summed E-state index contributed by atoms with van der Waals surface area (Å²) >= 11 is 0. The summed E-state index contributed by atoms with van der Waals surface area (Å²) in [4.78, 5) is 25.2. The molecular formula is C39H49NO4. The van der Waals surface area contributed by atoms with Crippen molar-refractivity contribution in [2.24, 2.45) is 34.5 Å². The summed E-state index contributed by atoms with van der Waals surface area (Å²) < 4.78 is 5.67. The number of Topliss-reactive ketones (excluding diaryl/α,β-unsaturated/α-hetero) is 1. The van der Waals surface area contributed by atoms with Crippen molar-refractivity contribution in [2.45, 2.75) is 96.0 Å². The second-order valence-corrected chi connectivity index (χ2v) is 15.1. The van der Waals surface area contributed by atoms with Gasteiger partial charge < -0.3 is 15.2 Å². The normalized spacial score (nSPS) is 35.8. The van der Waals surface area contributed by atoms with Crippen molar-refractivity contribution in [3.8, 4) is 11.1 Å². The summed E-state index contributed by atoms with van der Waals surface area (Å²) in [5.41, 5.74) is 4.15. The summed E-state index contributed by atoms with van der Waals surface area (Å²) in [6.07, 6.45) is 14.9. The van der Waals surface area contributed by atoms with Gasteiger partial charge in [0, 0.05) is 24.3 Å². The molecule has 0 bridgehead atoms. The van der Waals surface area contributed by atoms with E-state index < -0.39 is 5.60 Å². The lowest BCUT2D eigenvalue weighted by atomic mass is 9.43. The van der Waals surface area contributed by atoms with Gasteiger partial charge in [-0.1, -0.05) is 74.5 Å². The van der Waals surface area contributed by atoms with Crippen molar-refractivity contribution < 1.29 is 19.4 Å². The number of fused-ring (bicyclic) bond motifs is 8. The molecule has 2 aromatic carbocycles. The molecule has 0 aliphatic heterocycles. The molecule has 5 aliphatic rings. The number of allylic oxidation sites excluding steroid dienone is 2. The van der Waals surface area contributed by atoms with Gasteiger partial charge in [-0.2, -0.15) is 0 Å². The molecule has 0 heterocycles. The van der Waals surface area contributed by atoms with Gasteiger partial charge in [-0.3, -0.25) is 4.79 Å². The number of carbonyl (C=O) groups excluding carboxylic acids is 2. The maximum Gasteiger partial charge on any atom is 0.407 e. The van der Waals surface area contributed by atoms with Crippen LogP contribution in [0.3, 0.4) is 0 Å². The van der Waals surface area contributed by atoms with Crippen LogP contribution in [-0.4, -0.2) is 35.7 Å². The lowest BCUT2D eigenvalue weighted by Crippen LogP contribution is -2.62. The predicted octanol–water partition coefficient (Wildman–Crippen LogP) is 8.20. The Balaban J connectivity index is 0.861. The number of amides is 1. The van der Waals surface area contributed by atoms with Gasteiger partial charge in [0.25, 0.3) is 0 Å². The third-order valence-electron chi connectivity index (χ3n) is 13.1. The number of hydrogen-bond acceptors (Lipinski definition) is 4. The fourth-order valence-electron chi connectivity index (χ4n) is 10.6. The van der Waals surface area contributed by atoms with E-state index in [2.05, 4.69) is 67.7 Å². The fraction of sp³-hybridized carbons (Fsp3) is 0.590. The standard InChI is InChI=1S/C39H49NO4/c1-37-20-19-34-31(33(37)15-16-35(37)41)18-22-39(43)24-26(17-21-38(34,39)2)10-4-3-9-23-40-36(42)44-25-32-29-13-7-5-11-27(29)28-12-6-8-14-30(28)32/h4-8,10-14,26,31-34,43H,3,9,15-25H2,1-2H3,(H,40,42)/b10-4-/t26-,31?,33?,34?,37+,38-,39-/m1/s1. The Morgan fingerprint density at radius 3 is 2.43 bits per heavy atom. The SMILES string of the molecule is C[C@]12CCC3C(CC[C@@]4(O)C[C@H](/C=C\CCCNC(=O)OCC5c6ccccc6-c6ccccc65)CC[C@]34C)C1CCC2=O. The molecule has 0 saturated heterocycles. The molecule has 0 radical (unpaired) electrons. The van der Waals surface area contributed by atoms with Gasteiger partial charge in [-0.15, -0.1) is 0 Å². The zero-order valence-corrected chi connectivity index (χ0v) is 26.5. The highest BCUT2D eigenvalue weighted by atomic mass is 16.5. The smallest absolute Gasteiger partial charge is 0.407 e. The summed E-state index contributed by atoms with van der Waals surface area (Å²) in [6, 6.07) is 16.8. The molecule has 234 valence electrons. The molecule has 4 saturated carbocycles. The molecule has 5 heteroatoms. The van der Waals surface area contributed by atoms with Crippen molar-refractivity contribution in [2.75, 3.05) is 13.2 Å². The van der Waals surface area contributed by atoms with E-state index in [0.29, 0.717) is 42.6 Å². The molecule has 2 aromatic rings. The van der Waals surface area contributed by atoms with E-state index in [1.165, 1.54) is 22.3 Å². The molecular weight excluding hydrogens is 546 g/mol. The van der Waals surface area contributed by atoms with Crippen molar-refractivity contribution in [1.29, 1.82) is 0 Å². The number of aliphatic hydroxyl groups is 1. The molecule has 5 aliphatic carbocycles. The minimum atomic E-state index is -0.608. The maximum absolute atomic E-state index is 12.7. The first-order valence-electron chi connectivity index (χ1n) is 17.2. The molecule has 1 amide bonds. The molecule has 7 rings (SSSR count). The first kappa shape index (κ1) is 29.8. The van der Waals surface area contributed by atoms with Crippen molar-refractivity contribution in [1.82, 2.24) is 5.32 Å². The predicted molar refractivity (Wildman–Crippen MR) is 173 cm³/mol. The van der Waals surface area contributed by atoms with Crippen LogP contribution in [0.5, 0.6) is 0 Å². The lowest BCUT2D eigenvalue weighted by Gasteiger charge is -2.63. The van der Waals surface area contributed by atoms with Crippen LogP contribution in [0.1, 0.15) is 102 Å². The number of carbonyl (C=O) groups is 2. The number of hydrogen-bond donors (Lipinski definition) is 2. The van der Waals surface area contributed by atoms with Crippen LogP contribution in [0.25, 0.3) is 11.1 Å². The van der Waals surface area contributed by atoms with Gasteiger partial charge >= 0.3 is 6.09 Å². The largest absolute Gasteiger partial charge is 0.449 e. The second-order valence-electron chi connectivity index (χ2n) is 15.1. The first-order chi connectivity index (χ1) is 21.2. The van der Waals surface area contributed by atoms with Crippen LogP contribution in [-0.2, 0) is 9.53 Å². The van der Waals surface area contributed by atoms with Gasteiger partial charge in [0.1, 0.15) is 12.4 Å². The van der Waals surface area contributed by atoms with E-state index in [1.807, 2.05) is 12.1 Å². The van der Waals surface area contributed by atoms with Gasteiger partial charge in [0.15, 0.2) is 0 Å². The Morgan fingerprint density at radius 2 is 1.68 bits per heavy atom. The number of unbranched alkanes of at least 4 members (excludes halogenated alkanes) is 1. The minimum Gasteiger partial charge on any atom is -0.449 e. The first-order valence-corrected chi connectivity index (χ1v) is 17.2. The zero-order chi connectivity index (χ0) is 30.5. The van der Waals surface area contributed by atoms with E-state index in [0.717, 1.165) is 70.6 Å². The molecule has 0 aromatic heterocycles. The van der Waals surface area contributed by atoms with E-state index in [-0.39, 0.29) is 22.8 Å². The van der Waals surface area contributed by atoms with Gasteiger partial charge in [-0.25, -0.2) is 4.79 Å². The number of benzene rings is 2. The summed E-state index contributed by atoms with van der Waals surface area (Å²) in [5.74, 6) is 2.63. The Hall–Kier alpha value is -2.92. The highest BCUT2D eigenvalue weighted by Gasteiger charge is 2.64. The van der Waals surface area contributed by atoms with Gasteiger partial charge in [0.2, 0.25) is 0 Å².